The predicted molar refractivity (Wildman–Crippen MR) is 69.7 cm³/mol. The average Bonchev–Trinajstić information content (AvgIpc) is 2.38. The van der Waals surface area contributed by atoms with Gasteiger partial charge in [-0.05, 0) is 30.9 Å². The van der Waals surface area contributed by atoms with Crippen LogP contribution in [0.15, 0.2) is 18.2 Å². The van der Waals surface area contributed by atoms with Crippen molar-refractivity contribution in [3.63, 3.8) is 0 Å². The van der Waals surface area contributed by atoms with Crippen LogP contribution < -0.4 is 0 Å². The predicted octanol–water partition coefficient (Wildman–Crippen LogP) is 1.65. The third-order valence-electron chi connectivity index (χ3n) is 3.36. The number of hydrogen-bond donors (Lipinski definition) is 0. The maximum absolute atomic E-state index is 13.4. The number of hydrogen-bond acceptors (Lipinski definition) is 3. The number of benzene rings is 1. The van der Waals surface area contributed by atoms with Crippen LogP contribution >= 0.6 is 0 Å². The molecule has 0 N–H and O–H groups in total. The zero-order valence-electron chi connectivity index (χ0n) is 10.4. The summed E-state index contributed by atoms with van der Waals surface area (Å²) in [5.74, 6) is -1.10. The topological polar surface area (TPSA) is 37.4 Å². The van der Waals surface area contributed by atoms with E-state index in [1.54, 1.807) is 0 Å². The van der Waals surface area contributed by atoms with E-state index in [1.165, 1.54) is 12.1 Å². The van der Waals surface area contributed by atoms with E-state index in [2.05, 4.69) is 4.90 Å². The van der Waals surface area contributed by atoms with E-state index >= 15 is 0 Å². The third-order valence-corrected chi connectivity index (χ3v) is 4.24. The molecule has 1 heterocycles. The number of piperidine rings is 1. The van der Waals surface area contributed by atoms with Crippen molar-refractivity contribution in [1.29, 1.82) is 0 Å². The quantitative estimate of drug-likeness (QED) is 0.793. The molecular weight excluding hydrogens is 272 g/mol. The lowest BCUT2D eigenvalue weighted by Gasteiger charge is -2.26. The maximum Gasteiger partial charge on any atom is 0.213 e. The van der Waals surface area contributed by atoms with Crippen molar-refractivity contribution in [3.05, 3.63) is 35.4 Å². The summed E-state index contributed by atoms with van der Waals surface area (Å²) < 4.78 is 47.7. The van der Waals surface area contributed by atoms with Crippen molar-refractivity contribution in [3.8, 4) is 0 Å². The Morgan fingerprint density at radius 3 is 2.42 bits per heavy atom. The maximum atomic E-state index is 13.4. The molecule has 0 saturated carbocycles. The van der Waals surface area contributed by atoms with Gasteiger partial charge in [0.05, 0.1) is 4.86 Å². The van der Waals surface area contributed by atoms with Gasteiger partial charge in [0, 0.05) is 25.7 Å². The Labute approximate surface area is 112 Å². The Kier molecular flexibility index (Phi) is 4.66. The van der Waals surface area contributed by atoms with E-state index in [1.807, 2.05) is 0 Å². The van der Waals surface area contributed by atoms with Crippen LogP contribution in [0.5, 0.6) is 0 Å². The molecular formula is C13H15F2NO2S. The first kappa shape index (κ1) is 14.1. The van der Waals surface area contributed by atoms with Gasteiger partial charge in [0.1, 0.15) is 11.6 Å². The van der Waals surface area contributed by atoms with Crippen molar-refractivity contribution in [2.24, 2.45) is 0 Å². The van der Waals surface area contributed by atoms with Crippen LogP contribution in [0.25, 0.3) is 0 Å². The molecule has 0 amide bonds. The molecule has 0 unspecified atom stereocenters. The van der Waals surface area contributed by atoms with E-state index in [4.69, 9.17) is 0 Å². The molecule has 1 aromatic carbocycles. The van der Waals surface area contributed by atoms with Gasteiger partial charge < -0.3 is 4.90 Å². The molecule has 0 aromatic heterocycles. The van der Waals surface area contributed by atoms with Crippen LogP contribution in [0.4, 0.5) is 8.78 Å². The molecule has 6 heteroatoms. The highest BCUT2D eigenvalue weighted by molar-refractivity contribution is 7.73. The van der Waals surface area contributed by atoms with Gasteiger partial charge in [0.2, 0.25) is 10.3 Å². The first-order valence-electron chi connectivity index (χ1n) is 6.16. The van der Waals surface area contributed by atoms with Crippen LogP contribution in [0.3, 0.4) is 0 Å². The smallest absolute Gasteiger partial charge is 0.213 e. The highest BCUT2D eigenvalue weighted by Gasteiger charge is 2.16. The number of halogens is 2. The Morgan fingerprint density at radius 1 is 1.16 bits per heavy atom. The molecule has 0 aliphatic carbocycles. The summed E-state index contributed by atoms with van der Waals surface area (Å²) in [4.78, 5) is 2.66. The molecule has 0 bridgehead atoms. The minimum Gasteiger partial charge on any atom is -0.302 e. The van der Waals surface area contributed by atoms with Gasteiger partial charge in [-0.15, -0.1) is 0 Å². The number of nitrogens with zero attached hydrogens (tertiary/aromatic N) is 1. The minimum atomic E-state index is -2.07. The molecule has 2 rings (SSSR count). The Morgan fingerprint density at radius 2 is 1.84 bits per heavy atom. The van der Waals surface area contributed by atoms with Crippen LogP contribution in [-0.4, -0.2) is 37.8 Å². The summed E-state index contributed by atoms with van der Waals surface area (Å²) in [7, 11) is -2.07. The minimum absolute atomic E-state index is 0.489. The van der Waals surface area contributed by atoms with Gasteiger partial charge in [-0.1, -0.05) is 6.07 Å². The van der Waals surface area contributed by atoms with E-state index in [0.29, 0.717) is 49.3 Å². The molecule has 0 atom stereocenters. The lowest BCUT2D eigenvalue weighted by molar-refractivity contribution is 0.278. The summed E-state index contributed by atoms with van der Waals surface area (Å²) in [6.07, 6.45) is 1.59. The SMILES string of the molecule is O=S(=O)=C1CCN(CCc2ccc(F)cc2F)CC1. The molecule has 1 aliphatic heterocycles. The second-order valence-corrected chi connectivity index (χ2v) is 5.65. The monoisotopic (exact) mass is 287 g/mol. The van der Waals surface area contributed by atoms with Gasteiger partial charge in [-0.2, -0.15) is 8.42 Å². The number of rotatable bonds is 3. The molecule has 3 nitrogen and oxygen atoms in total. The lowest BCUT2D eigenvalue weighted by atomic mass is 10.1. The van der Waals surface area contributed by atoms with E-state index in [-0.39, 0.29) is 0 Å². The second-order valence-electron chi connectivity index (χ2n) is 4.60. The van der Waals surface area contributed by atoms with Gasteiger partial charge >= 0.3 is 0 Å². The zero-order valence-corrected chi connectivity index (χ0v) is 11.2. The summed E-state index contributed by atoms with van der Waals surface area (Å²) in [6.45, 7) is 2.00. The first-order valence-corrected chi connectivity index (χ1v) is 7.24. The largest absolute Gasteiger partial charge is 0.302 e. The van der Waals surface area contributed by atoms with Gasteiger partial charge in [-0.25, -0.2) is 8.78 Å². The van der Waals surface area contributed by atoms with Crippen molar-refractivity contribution in [2.45, 2.75) is 19.3 Å². The van der Waals surface area contributed by atoms with Crippen LogP contribution in [0.1, 0.15) is 18.4 Å². The van der Waals surface area contributed by atoms with Gasteiger partial charge in [-0.3, -0.25) is 0 Å². The summed E-state index contributed by atoms with van der Waals surface area (Å²) >= 11 is 0. The number of likely N-dealkylation sites (tertiary alicyclic amines) is 1. The molecule has 19 heavy (non-hydrogen) atoms. The van der Waals surface area contributed by atoms with E-state index in [0.717, 1.165) is 6.07 Å². The second kappa shape index (κ2) is 6.25. The lowest BCUT2D eigenvalue weighted by Crippen LogP contribution is -2.35. The highest BCUT2D eigenvalue weighted by Crippen LogP contribution is 2.12. The summed E-state index contributed by atoms with van der Waals surface area (Å²) in [5.41, 5.74) is 0.489. The Hall–Kier alpha value is -1.27. The van der Waals surface area contributed by atoms with Crippen LogP contribution in [-0.2, 0) is 16.7 Å². The van der Waals surface area contributed by atoms with Crippen LogP contribution in [0, 0.1) is 11.6 Å². The van der Waals surface area contributed by atoms with Crippen molar-refractivity contribution < 1.29 is 17.2 Å². The fraction of sp³-hybridized carbons (Fsp3) is 0.462. The van der Waals surface area contributed by atoms with Gasteiger partial charge in [0.15, 0.2) is 0 Å². The van der Waals surface area contributed by atoms with E-state index < -0.39 is 21.9 Å². The average molecular weight is 287 g/mol. The standard InChI is InChI=1S/C13H15F2NO2S/c14-11-2-1-10(13(15)9-11)3-6-16-7-4-12(5-8-16)19(17)18/h1-2,9H,3-8H2. The molecule has 1 aliphatic rings. The third kappa shape index (κ3) is 3.84. The van der Waals surface area contributed by atoms with Crippen LogP contribution in [0.2, 0.25) is 0 Å². The first-order chi connectivity index (χ1) is 9.06. The Bertz CT molecular complexity index is 581. The van der Waals surface area contributed by atoms with Crippen molar-refractivity contribution in [2.75, 3.05) is 19.6 Å². The molecule has 0 radical (unpaired) electrons. The van der Waals surface area contributed by atoms with Crippen molar-refractivity contribution in [1.82, 2.24) is 4.90 Å². The zero-order chi connectivity index (χ0) is 13.8. The normalized spacial score (nSPS) is 16.6. The highest BCUT2D eigenvalue weighted by atomic mass is 32.2. The Balaban J connectivity index is 1.89. The van der Waals surface area contributed by atoms with E-state index in [9.17, 15) is 17.2 Å². The molecule has 1 aromatic rings. The fourth-order valence-electron chi connectivity index (χ4n) is 2.20. The van der Waals surface area contributed by atoms with Gasteiger partial charge in [0.25, 0.3) is 0 Å². The summed E-state index contributed by atoms with van der Waals surface area (Å²) in [5, 5.41) is 0. The fourth-order valence-corrected chi connectivity index (χ4v) is 2.71. The van der Waals surface area contributed by atoms with Crippen molar-refractivity contribution >= 4 is 15.2 Å². The molecule has 104 valence electrons. The molecule has 1 fully saturated rings. The summed E-state index contributed by atoms with van der Waals surface area (Å²) in [6, 6.07) is 3.60. The molecule has 0 spiro atoms. The molecule has 1 saturated heterocycles.